The normalized spacial score (nSPS) is 19.7. The molecule has 1 N–H and O–H groups in total. The molecule has 1 amide bonds. The first-order valence-corrected chi connectivity index (χ1v) is 10.8. The van der Waals surface area contributed by atoms with Crippen molar-refractivity contribution >= 4 is 35.8 Å². The van der Waals surface area contributed by atoms with E-state index in [0.717, 1.165) is 51.3 Å². The van der Waals surface area contributed by atoms with E-state index in [0.29, 0.717) is 17.4 Å². The van der Waals surface area contributed by atoms with E-state index >= 15 is 0 Å². The van der Waals surface area contributed by atoms with Crippen LogP contribution in [0.25, 0.3) is 0 Å². The van der Waals surface area contributed by atoms with Gasteiger partial charge in [-0.3, -0.25) is 4.79 Å². The van der Waals surface area contributed by atoms with Crippen LogP contribution in [0.3, 0.4) is 0 Å². The van der Waals surface area contributed by atoms with Crippen molar-refractivity contribution in [3.05, 3.63) is 35.4 Å². The lowest BCUT2D eigenvalue weighted by atomic mass is 10.1. The maximum Gasteiger partial charge on any atom is 0.416 e. The number of aliphatic imine (C=N–C) groups is 1. The van der Waals surface area contributed by atoms with Gasteiger partial charge in [0.2, 0.25) is 5.91 Å². The Bertz CT molecular complexity index is 781. The van der Waals surface area contributed by atoms with E-state index in [9.17, 15) is 18.0 Å². The van der Waals surface area contributed by atoms with Crippen LogP contribution in [0.5, 0.6) is 0 Å². The number of amides is 1. The molecule has 0 spiro atoms. The maximum absolute atomic E-state index is 13.0. The van der Waals surface area contributed by atoms with Crippen molar-refractivity contribution in [1.29, 1.82) is 0 Å². The minimum Gasteiger partial charge on any atom is -0.347 e. The van der Waals surface area contributed by atoms with Crippen molar-refractivity contribution in [1.82, 2.24) is 20.0 Å². The van der Waals surface area contributed by atoms with Crippen molar-refractivity contribution < 1.29 is 18.0 Å². The topological polar surface area (TPSA) is 51.2 Å². The summed E-state index contributed by atoms with van der Waals surface area (Å²) in [5.74, 6) is 1.03. The second-order valence-electron chi connectivity index (χ2n) is 8.59. The van der Waals surface area contributed by atoms with E-state index in [4.69, 9.17) is 0 Å². The average molecular weight is 567 g/mol. The number of nitrogens with one attached hydrogen (secondary N) is 1. The summed E-state index contributed by atoms with van der Waals surface area (Å²) in [5, 5.41) is 3.12. The summed E-state index contributed by atoms with van der Waals surface area (Å²) in [6.07, 6.45) is -0.818. The highest BCUT2D eigenvalue weighted by atomic mass is 127. The highest BCUT2D eigenvalue weighted by Crippen LogP contribution is 2.29. The molecule has 3 rings (SSSR count). The number of likely N-dealkylation sites (tertiary alicyclic amines) is 2. The zero-order chi connectivity index (χ0) is 22.4. The number of carbonyl (C=O) groups is 1. The van der Waals surface area contributed by atoms with E-state index in [1.807, 2.05) is 0 Å². The number of guanidine groups is 1. The van der Waals surface area contributed by atoms with Gasteiger partial charge < -0.3 is 20.0 Å². The Labute approximate surface area is 205 Å². The molecule has 32 heavy (non-hydrogen) atoms. The van der Waals surface area contributed by atoms with Gasteiger partial charge in [0.05, 0.1) is 18.7 Å². The molecule has 1 aromatic carbocycles. The van der Waals surface area contributed by atoms with Gasteiger partial charge >= 0.3 is 6.18 Å². The minimum atomic E-state index is -4.38. The van der Waals surface area contributed by atoms with Crippen LogP contribution in [-0.4, -0.2) is 79.9 Å². The molecule has 2 aliphatic rings. The SMILES string of the molecule is CN(C)C(=O)CNC(=NCc1cccc(C(F)(F)F)c1)N1CCC(CN2CCCC2)C1.I. The van der Waals surface area contributed by atoms with Gasteiger partial charge in [0.1, 0.15) is 0 Å². The smallest absolute Gasteiger partial charge is 0.347 e. The van der Waals surface area contributed by atoms with Crippen LogP contribution >= 0.6 is 24.0 Å². The number of halogens is 4. The quantitative estimate of drug-likeness (QED) is 0.326. The van der Waals surface area contributed by atoms with Gasteiger partial charge in [0, 0.05) is 33.7 Å². The molecule has 1 atom stereocenters. The predicted molar refractivity (Wildman–Crippen MR) is 130 cm³/mol. The number of carbonyl (C=O) groups excluding carboxylic acids is 1. The molecular formula is C22H33F3IN5O. The average Bonchev–Trinajstić information content (AvgIpc) is 3.40. The summed E-state index contributed by atoms with van der Waals surface area (Å²) < 4.78 is 39.0. The standard InChI is InChI=1S/C22H32F3N5O.HI/c1-28(2)20(31)14-27-21(26-13-17-6-5-7-19(12-17)22(23,24)25)30-11-8-18(16-30)15-29-9-3-4-10-29;/h5-7,12,18H,3-4,8-11,13-16H2,1-2H3,(H,26,27);1H. The number of nitrogens with zero attached hydrogens (tertiary/aromatic N) is 4. The zero-order valence-corrected chi connectivity index (χ0v) is 21.0. The van der Waals surface area contributed by atoms with Crippen LogP contribution in [0.4, 0.5) is 13.2 Å². The molecule has 0 saturated carbocycles. The second-order valence-corrected chi connectivity index (χ2v) is 8.59. The fraction of sp³-hybridized carbons (Fsp3) is 0.636. The number of hydrogen-bond acceptors (Lipinski definition) is 3. The zero-order valence-electron chi connectivity index (χ0n) is 18.7. The van der Waals surface area contributed by atoms with Gasteiger partial charge in [-0.1, -0.05) is 12.1 Å². The van der Waals surface area contributed by atoms with Gasteiger partial charge in [0.15, 0.2) is 5.96 Å². The van der Waals surface area contributed by atoms with Gasteiger partial charge in [-0.15, -0.1) is 24.0 Å². The summed E-state index contributed by atoms with van der Waals surface area (Å²) in [6, 6.07) is 5.23. The number of alkyl halides is 3. The lowest BCUT2D eigenvalue weighted by Crippen LogP contribution is -2.44. The Balaban J connectivity index is 0.00000363. The molecule has 0 aromatic heterocycles. The number of likely N-dealkylation sites (N-methyl/N-ethyl adjacent to an activating group) is 1. The first-order chi connectivity index (χ1) is 14.7. The second kappa shape index (κ2) is 12.1. The fourth-order valence-corrected chi connectivity index (χ4v) is 4.10. The predicted octanol–water partition coefficient (Wildman–Crippen LogP) is 3.27. The Kier molecular flexibility index (Phi) is 10.1. The molecule has 1 aromatic rings. The first kappa shape index (κ1) is 26.7. The molecule has 180 valence electrons. The Morgan fingerprint density at radius 2 is 1.94 bits per heavy atom. The van der Waals surface area contributed by atoms with E-state index < -0.39 is 11.7 Å². The van der Waals surface area contributed by atoms with E-state index in [-0.39, 0.29) is 43.0 Å². The van der Waals surface area contributed by atoms with Gasteiger partial charge in [-0.2, -0.15) is 13.2 Å². The van der Waals surface area contributed by atoms with Crippen molar-refractivity contribution in [2.45, 2.75) is 32.0 Å². The lowest BCUT2D eigenvalue weighted by Gasteiger charge is -2.24. The highest BCUT2D eigenvalue weighted by Gasteiger charge is 2.30. The Hall–Kier alpha value is -1.56. The molecule has 10 heteroatoms. The van der Waals surface area contributed by atoms with Crippen molar-refractivity contribution in [2.75, 3.05) is 53.4 Å². The third-order valence-corrected chi connectivity index (χ3v) is 5.86. The molecule has 2 fully saturated rings. The van der Waals surface area contributed by atoms with Crippen LogP contribution in [-0.2, 0) is 17.5 Å². The number of rotatable bonds is 6. The lowest BCUT2D eigenvalue weighted by molar-refractivity contribution is -0.137. The summed E-state index contributed by atoms with van der Waals surface area (Å²) in [6.45, 7) is 5.25. The highest BCUT2D eigenvalue weighted by molar-refractivity contribution is 14.0. The van der Waals surface area contributed by atoms with E-state index in [2.05, 4.69) is 20.1 Å². The van der Waals surface area contributed by atoms with Crippen molar-refractivity contribution in [3.8, 4) is 0 Å². The minimum absolute atomic E-state index is 0. The monoisotopic (exact) mass is 567 g/mol. The molecule has 2 heterocycles. The Morgan fingerprint density at radius 3 is 2.59 bits per heavy atom. The third-order valence-electron chi connectivity index (χ3n) is 5.86. The largest absolute Gasteiger partial charge is 0.416 e. The molecule has 1 unspecified atom stereocenters. The van der Waals surface area contributed by atoms with Crippen molar-refractivity contribution in [3.63, 3.8) is 0 Å². The fourth-order valence-electron chi connectivity index (χ4n) is 4.10. The van der Waals surface area contributed by atoms with Crippen molar-refractivity contribution in [2.24, 2.45) is 10.9 Å². The molecular weight excluding hydrogens is 534 g/mol. The van der Waals surface area contributed by atoms with Gasteiger partial charge in [0.25, 0.3) is 0 Å². The van der Waals surface area contributed by atoms with Gasteiger partial charge in [-0.05, 0) is 56.0 Å². The van der Waals surface area contributed by atoms with Crippen LogP contribution in [0, 0.1) is 5.92 Å². The third kappa shape index (κ3) is 7.79. The summed E-state index contributed by atoms with van der Waals surface area (Å²) in [7, 11) is 3.37. The number of benzene rings is 1. The van der Waals surface area contributed by atoms with Gasteiger partial charge in [-0.25, -0.2) is 4.99 Å². The molecule has 0 aliphatic carbocycles. The van der Waals surface area contributed by atoms with Crippen LogP contribution in [0.15, 0.2) is 29.3 Å². The molecule has 6 nitrogen and oxygen atoms in total. The van der Waals surface area contributed by atoms with E-state index in [1.165, 1.54) is 23.8 Å². The maximum atomic E-state index is 13.0. The van der Waals surface area contributed by atoms with Crippen LogP contribution < -0.4 is 5.32 Å². The Morgan fingerprint density at radius 1 is 1.22 bits per heavy atom. The first-order valence-electron chi connectivity index (χ1n) is 10.8. The van der Waals surface area contributed by atoms with Crippen LogP contribution in [0.1, 0.15) is 30.4 Å². The summed E-state index contributed by atoms with van der Waals surface area (Å²) >= 11 is 0. The molecule has 0 bridgehead atoms. The number of hydrogen-bond donors (Lipinski definition) is 1. The van der Waals surface area contributed by atoms with E-state index in [1.54, 1.807) is 20.2 Å². The molecule has 2 saturated heterocycles. The molecule has 2 aliphatic heterocycles. The molecule has 0 radical (unpaired) electrons. The van der Waals surface area contributed by atoms with Crippen LogP contribution in [0.2, 0.25) is 0 Å². The summed E-state index contributed by atoms with van der Waals surface area (Å²) in [5.41, 5.74) is -0.190. The summed E-state index contributed by atoms with van der Waals surface area (Å²) in [4.78, 5) is 22.7.